The fourth-order valence-electron chi connectivity index (χ4n) is 2.89. The largest absolute Gasteiger partial charge is 0.437 e. The molecule has 1 amide bonds. The van der Waals surface area contributed by atoms with Crippen LogP contribution in [-0.4, -0.2) is 15.9 Å². The van der Waals surface area contributed by atoms with Gasteiger partial charge in [0.2, 0.25) is 0 Å². The number of halogens is 1. The smallest absolute Gasteiger partial charge is 0.252 e. The van der Waals surface area contributed by atoms with Gasteiger partial charge in [-0.2, -0.15) is 0 Å². The third-order valence-corrected chi connectivity index (χ3v) is 5.52. The predicted octanol–water partition coefficient (Wildman–Crippen LogP) is 5.80. The van der Waals surface area contributed by atoms with Crippen LogP contribution in [0.1, 0.15) is 21.5 Å². The zero-order valence-corrected chi connectivity index (χ0v) is 18.1. The second-order valence-electron chi connectivity index (χ2n) is 7.02. The van der Waals surface area contributed by atoms with E-state index in [1.165, 1.54) is 29.5 Å². The Morgan fingerprint density at radius 1 is 1.00 bits per heavy atom. The molecule has 0 aliphatic rings. The van der Waals surface area contributed by atoms with Gasteiger partial charge in [0, 0.05) is 29.4 Å². The molecule has 5 nitrogen and oxygen atoms in total. The first-order chi connectivity index (χ1) is 15.6. The van der Waals surface area contributed by atoms with Gasteiger partial charge in [0.25, 0.3) is 11.8 Å². The van der Waals surface area contributed by atoms with Gasteiger partial charge in [-0.05, 0) is 61.0 Å². The van der Waals surface area contributed by atoms with Crippen LogP contribution in [0.25, 0.3) is 0 Å². The molecule has 0 radical (unpaired) electrons. The molecule has 1 heterocycles. The molecule has 1 N–H and O–H groups in total. The van der Waals surface area contributed by atoms with Crippen molar-refractivity contribution in [2.45, 2.75) is 23.4 Å². The minimum atomic E-state index is -0.331. The Kier molecular flexibility index (Phi) is 6.77. The van der Waals surface area contributed by atoms with Crippen molar-refractivity contribution in [3.8, 4) is 11.6 Å². The van der Waals surface area contributed by atoms with Gasteiger partial charge < -0.3 is 10.1 Å². The zero-order valence-electron chi connectivity index (χ0n) is 17.3. The Bertz CT molecular complexity index is 1210. The maximum absolute atomic E-state index is 13.3. The molecule has 0 bridgehead atoms. The predicted molar refractivity (Wildman–Crippen MR) is 121 cm³/mol. The summed E-state index contributed by atoms with van der Waals surface area (Å²) in [7, 11) is 0. The van der Waals surface area contributed by atoms with Crippen LogP contribution in [-0.2, 0) is 6.54 Å². The molecule has 0 saturated carbocycles. The molecule has 160 valence electrons. The SMILES string of the molecule is Cc1ccc(Sc2nccnc2Oc2ccc(C(=O)NCc3cccc(F)c3)cc2)cc1. The monoisotopic (exact) mass is 445 g/mol. The molecule has 0 fully saturated rings. The number of nitrogens with zero attached hydrogens (tertiary/aromatic N) is 2. The number of nitrogens with one attached hydrogen (secondary N) is 1. The highest BCUT2D eigenvalue weighted by Crippen LogP contribution is 2.33. The van der Waals surface area contributed by atoms with E-state index in [1.54, 1.807) is 48.8 Å². The summed E-state index contributed by atoms with van der Waals surface area (Å²) < 4.78 is 19.2. The van der Waals surface area contributed by atoms with Gasteiger partial charge >= 0.3 is 0 Å². The van der Waals surface area contributed by atoms with Crippen molar-refractivity contribution in [3.05, 3.63) is 108 Å². The third kappa shape index (κ3) is 5.70. The number of carbonyl (C=O) groups is 1. The molecule has 0 unspecified atom stereocenters. The van der Waals surface area contributed by atoms with Crippen LogP contribution >= 0.6 is 11.8 Å². The normalized spacial score (nSPS) is 10.6. The fraction of sp³-hybridized carbons (Fsp3) is 0.0800. The molecule has 7 heteroatoms. The number of amides is 1. The maximum Gasteiger partial charge on any atom is 0.252 e. The fourth-order valence-corrected chi connectivity index (χ4v) is 3.68. The molecule has 0 aliphatic carbocycles. The number of rotatable bonds is 7. The molecule has 0 atom stereocenters. The number of hydrogen-bond acceptors (Lipinski definition) is 5. The Hall–Kier alpha value is -3.71. The van der Waals surface area contributed by atoms with Crippen LogP contribution in [0, 0.1) is 12.7 Å². The van der Waals surface area contributed by atoms with Crippen molar-refractivity contribution in [3.63, 3.8) is 0 Å². The molecule has 0 aliphatic heterocycles. The van der Waals surface area contributed by atoms with E-state index >= 15 is 0 Å². The Morgan fingerprint density at radius 3 is 2.50 bits per heavy atom. The van der Waals surface area contributed by atoms with Crippen LogP contribution in [0.2, 0.25) is 0 Å². The number of carbonyl (C=O) groups excluding carboxylic acids is 1. The molecular weight excluding hydrogens is 425 g/mol. The Balaban J connectivity index is 1.40. The van der Waals surface area contributed by atoms with E-state index < -0.39 is 0 Å². The molecule has 3 aromatic carbocycles. The average Bonchev–Trinajstić information content (AvgIpc) is 2.81. The van der Waals surface area contributed by atoms with Crippen LogP contribution in [0.3, 0.4) is 0 Å². The minimum Gasteiger partial charge on any atom is -0.437 e. The summed E-state index contributed by atoms with van der Waals surface area (Å²) in [6, 6.07) is 21.0. The molecule has 0 spiro atoms. The first kappa shape index (κ1) is 21.5. The summed E-state index contributed by atoms with van der Waals surface area (Å²) in [4.78, 5) is 22.1. The van der Waals surface area contributed by atoms with E-state index in [1.807, 2.05) is 31.2 Å². The van der Waals surface area contributed by atoms with Gasteiger partial charge in [-0.15, -0.1) is 0 Å². The summed E-state index contributed by atoms with van der Waals surface area (Å²) in [5, 5.41) is 3.43. The van der Waals surface area contributed by atoms with Crippen LogP contribution in [0.4, 0.5) is 4.39 Å². The Morgan fingerprint density at radius 2 is 1.75 bits per heavy atom. The zero-order chi connectivity index (χ0) is 22.3. The van der Waals surface area contributed by atoms with Crippen LogP contribution in [0.15, 0.2) is 95.1 Å². The number of aromatic nitrogens is 2. The Labute approximate surface area is 189 Å². The summed E-state index contributed by atoms with van der Waals surface area (Å²) >= 11 is 1.47. The highest BCUT2D eigenvalue weighted by molar-refractivity contribution is 7.99. The quantitative estimate of drug-likeness (QED) is 0.390. The number of benzene rings is 3. The highest BCUT2D eigenvalue weighted by atomic mass is 32.2. The second kappa shape index (κ2) is 10.1. The van der Waals surface area contributed by atoms with E-state index in [-0.39, 0.29) is 18.3 Å². The van der Waals surface area contributed by atoms with Crippen molar-refractivity contribution in [2.75, 3.05) is 0 Å². The topological polar surface area (TPSA) is 64.1 Å². The van der Waals surface area contributed by atoms with Crippen molar-refractivity contribution in [1.29, 1.82) is 0 Å². The standard InChI is InChI=1S/C25H20FN3O2S/c1-17-5-11-22(12-6-17)32-25-24(27-13-14-28-25)31-21-9-7-19(8-10-21)23(30)29-16-18-3-2-4-20(26)15-18/h2-15H,16H2,1H3,(H,29,30). The molecule has 4 aromatic rings. The molecule has 0 saturated heterocycles. The molecular formula is C25H20FN3O2S. The van der Waals surface area contributed by atoms with Crippen molar-refractivity contribution in [2.24, 2.45) is 0 Å². The lowest BCUT2D eigenvalue weighted by molar-refractivity contribution is 0.0951. The van der Waals surface area contributed by atoms with E-state index in [2.05, 4.69) is 15.3 Å². The number of aryl methyl sites for hydroxylation is 1. The van der Waals surface area contributed by atoms with Gasteiger partial charge in [0.15, 0.2) is 5.03 Å². The van der Waals surface area contributed by atoms with Crippen molar-refractivity contribution in [1.82, 2.24) is 15.3 Å². The average molecular weight is 446 g/mol. The van der Waals surface area contributed by atoms with Crippen molar-refractivity contribution >= 4 is 17.7 Å². The highest BCUT2D eigenvalue weighted by Gasteiger charge is 2.11. The first-order valence-corrected chi connectivity index (χ1v) is 10.7. The van der Waals surface area contributed by atoms with E-state index in [4.69, 9.17) is 4.74 Å². The number of ether oxygens (including phenoxy) is 1. The van der Waals surface area contributed by atoms with Gasteiger partial charge in [0.1, 0.15) is 11.6 Å². The summed E-state index contributed by atoms with van der Waals surface area (Å²) in [6.07, 6.45) is 3.19. The lowest BCUT2D eigenvalue weighted by Gasteiger charge is -2.10. The van der Waals surface area contributed by atoms with E-state index in [9.17, 15) is 9.18 Å². The van der Waals surface area contributed by atoms with Crippen molar-refractivity contribution < 1.29 is 13.9 Å². The maximum atomic E-state index is 13.3. The molecule has 1 aromatic heterocycles. The summed E-state index contributed by atoms with van der Waals surface area (Å²) in [5.41, 5.74) is 2.35. The first-order valence-electron chi connectivity index (χ1n) is 9.93. The third-order valence-electron chi connectivity index (χ3n) is 4.54. The summed E-state index contributed by atoms with van der Waals surface area (Å²) in [5.74, 6) is 0.345. The van der Waals surface area contributed by atoms with E-state index in [0.717, 1.165) is 4.90 Å². The lowest BCUT2D eigenvalue weighted by Crippen LogP contribution is -2.22. The van der Waals surface area contributed by atoms with Gasteiger partial charge in [0.05, 0.1) is 0 Å². The molecule has 4 rings (SSSR count). The minimum absolute atomic E-state index is 0.244. The second-order valence-corrected chi connectivity index (χ2v) is 8.08. The van der Waals surface area contributed by atoms with Gasteiger partial charge in [-0.25, -0.2) is 14.4 Å². The van der Waals surface area contributed by atoms with Crippen LogP contribution < -0.4 is 10.1 Å². The van der Waals surface area contributed by atoms with E-state index in [0.29, 0.717) is 27.8 Å². The van der Waals surface area contributed by atoms with Crippen LogP contribution in [0.5, 0.6) is 11.6 Å². The number of hydrogen-bond donors (Lipinski definition) is 1. The van der Waals surface area contributed by atoms with Gasteiger partial charge in [-0.3, -0.25) is 4.79 Å². The lowest BCUT2D eigenvalue weighted by atomic mass is 10.2. The molecule has 32 heavy (non-hydrogen) atoms. The summed E-state index contributed by atoms with van der Waals surface area (Å²) in [6.45, 7) is 2.28. The van der Waals surface area contributed by atoms with Gasteiger partial charge in [-0.1, -0.05) is 41.6 Å².